The summed E-state index contributed by atoms with van der Waals surface area (Å²) in [5.74, 6) is 0.592. The Balaban J connectivity index is 2.03. The summed E-state index contributed by atoms with van der Waals surface area (Å²) >= 11 is 5.90. The van der Waals surface area contributed by atoms with Crippen molar-refractivity contribution in [3.05, 3.63) is 17.0 Å². The Morgan fingerprint density at radius 3 is 3.07 bits per heavy atom. The molecule has 1 saturated carbocycles. The molecule has 1 aliphatic carbocycles. The minimum absolute atomic E-state index is 0.0972. The molecule has 0 aliphatic heterocycles. The topological polar surface area (TPSA) is 64.1 Å². The van der Waals surface area contributed by atoms with Crippen molar-refractivity contribution in [3.63, 3.8) is 0 Å². The normalized spacial score (nSPS) is 14.7. The lowest BCUT2D eigenvalue weighted by Gasteiger charge is -2.06. The van der Waals surface area contributed by atoms with Gasteiger partial charge in [0, 0.05) is 6.04 Å². The SMILES string of the molecule is O=COCc1cnc(NC2CC2)c(Cl)n1. The second kappa shape index (κ2) is 4.44. The van der Waals surface area contributed by atoms with Crippen LogP contribution in [-0.4, -0.2) is 22.5 Å². The van der Waals surface area contributed by atoms with E-state index < -0.39 is 0 Å². The van der Waals surface area contributed by atoms with E-state index >= 15 is 0 Å². The fourth-order valence-electron chi connectivity index (χ4n) is 1.11. The third kappa shape index (κ3) is 2.79. The Kier molecular flexibility index (Phi) is 3.01. The van der Waals surface area contributed by atoms with Crippen LogP contribution in [0.5, 0.6) is 0 Å². The van der Waals surface area contributed by atoms with Crippen LogP contribution in [0.4, 0.5) is 5.82 Å². The first kappa shape index (κ1) is 10.2. The molecule has 0 atom stereocenters. The van der Waals surface area contributed by atoms with Gasteiger partial charge in [-0.3, -0.25) is 4.79 Å². The first-order valence-electron chi connectivity index (χ1n) is 4.63. The number of carbonyl (C=O) groups is 1. The van der Waals surface area contributed by atoms with E-state index in [1.54, 1.807) is 6.20 Å². The molecule has 0 bridgehead atoms. The lowest BCUT2D eigenvalue weighted by Crippen LogP contribution is -2.06. The summed E-state index contributed by atoms with van der Waals surface area (Å²) in [5.41, 5.74) is 0.536. The predicted octanol–water partition coefficient (Wildman–Crippen LogP) is 1.38. The Hall–Kier alpha value is -1.36. The molecule has 1 aromatic heterocycles. The molecule has 15 heavy (non-hydrogen) atoms. The third-order valence-corrected chi connectivity index (χ3v) is 2.26. The van der Waals surface area contributed by atoms with Gasteiger partial charge in [0.25, 0.3) is 6.47 Å². The van der Waals surface area contributed by atoms with Crippen molar-refractivity contribution in [1.82, 2.24) is 9.97 Å². The van der Waals surface area contributed by atoms with Crippen molar-refractivity contribution in [1.29, 1.82) is 0 Å². The van der Waals surface area contributed by atoms with Crippen molar-refractivity contribution in [2.24, 2.45) is 0 Å². The van der Waals surface area contributed by atoms with Crippen LogP contribution >= 0.6 is 11.6 Å². The van der Waals surface area contributed by atoms with Gasteiger partial charge in [0.15, 0.2) is 11.0 Å². The largest absolute Gasteiger partial charge is 0.461 e. The monoisotopic (exact) mass is 227 g/mol. The van der Waals surface area contributed by atoms with Crippen LogP contribution in [0, 0.1) is 0 Å². The van der Waals surface area contributed by atoms with E-state index in [1.807, 2.05) is 0 Å². The molecular weight excluding hydrogens is 218 g/mol. The van der Waals surface area contributed by atoms with Gasteiger partial charge in [-0.2, -0.15) is 0 Å². The molecule has 0 spiro atoms. The number of anilines is 1. The summed E-state index contributed by atoms with van der Waals surface area (Å²) in [5, 5.41) is 3.47. The second-order valence-corrected chi connectivity index (χ2v) is 3.68. The molecule has 2 rings (SSSR count). The molecule has 6 heteroatoms. The number of carbonyl (C=O) groups excluding carboxylic acids is 1. The maximum atomic E-state index is 9.97. The number of hydrogen-bond acceptors (Lipinski definition) is 5. The summed E-state index contributed by atoms with van der Waals surface area (Å²) < 4.78 is 4.55. The van der Waals surface area contributed by atoms with E-state index in [0.717, 1.165) is 12.8 Å². The van der Waals surface area contributed by atoms with Crippen LogP contribution in [0.25, 0.3) is 0 Å². The number of rotatable bonds is 5. The molecule has 1 N–H and O–H groups in total. The van der Waals surface area contributed by atoms with Crippen LogP contribution in [0.2, 0.25) is 5.15 Å². The van der Waals surface area contributed by atoms with Crippen molar-refractivity contribution >= 4 is 23.9 Å². The average Bonchev–Trinajstić information content (AvgIpc) is 3.02. The first-order valence-corrected chi connectivity index (χ1v) is 5.00. The van der Waals surface area contributed by atoms with Gasteiger partial charge >= 0.3 is 0 Å². The molecule has 80 valence electrons. The third-order valence-electron chi connectivity index (χ3n) is 2.00. The highest BCUT2D eigenvalue weighted by atomic mass is 35.5. The van der Waals surface area contributed by atoms with E-state index in [2.05, 4.69) is 20.0 Å². The standard InChI is InChI=1S/C9H10ClN3O2/c10-8-9(13-6-1-2-6)11-3-7(12-8)4-15-5-14/h3,5-6H,1-2,4H2,(H,11,13). The van der Waals surface area contributed by atoms with Crippen LogP contribution in [-0.2, 0) is 16.1 Å². The zero-order chi connectivity index (χ0) is 10.7. The summed E-state index contributed by atoms with van der Waals surface area (Å²) in [6.07, 6.45) is 3.84. The van der Waals surface area contributed by atoms with Gasteiger partial charge in [-0.1, -0.05) is 11.6 Å². The maximum absolute atomic E-state index is 9.97. The van der Waals surface area contributed by atoms with Gasteiger partial charge in [-0.05, 0) is 12.8 Å². The summed E-state index contributed by atoms with van der Waals surface area (Å²) in [7, 11) is 0. The summed E-state index contributed by atoms with van der Waals surface area (Å²) in [6.45, 7) is 0.464. The first-order chi connectivity index (χ1) is 7.29. The number of nitrogens with one attached hydrogen (secondary N) is 1. The Bertz CT molecular complexity index is 368. The molecule has 0 radical (unpaired) electrons. The minimum atomic E-state index is 0.0972. The molecule has 0 aromatic carbocycles. The quantitative estimate of drug-likeness (QED) is 0.770. The number of nitrogens with zero attached hydrogens (tertiary/aromatic N) is 2. The Labute approximate surface area is 91.8 Å². The van der Waals surface area contributed by atoms with Crippen LogP contribution in [0.1, 0.15) is 18.5 Å². The van der Waals surface area contributed by atoms with E-state index in [1.165, 1.54) is 0 Å². The summed E-state index contributed by atoms with van der Waals surface area (Å²) in [6, 6.07) is 0.480. The maximum Gasteiger partial charge on any atom is 0.293 e. The van der Waals surface area contributed by atoms with E-state index in [-0.39, 0.29) is 6.61 Å². The fourth-order valence-corrected chi connectivity index (χ4v) is 1.32. The molecule has 0 amide bonds. The van der Waals surface area contributed by atoms with Gasteiger partial charge in [-0.25, -0.2) is 9.97 Å². The lowest BCUT2D eigenvalue weighted by molar-refractivity contribution is -0.129. The molecule has 1 aromatic rings. The van der Waals surface area contributed by atoms with E-state index in [4.69, 9.17) is 11.6 Å². The number of ether oxygens (including phenoxy) is 1. The molecule has 1 aliphatic rings. The number of aromatic nitrogens is 2. The van der Waals surface area contributed by atoms with Crippen molar-refractivity contribution in [2.45, 2.75) is 25.5 Å². The highest BCUT2D eigenvalue weighted by molar-refractivity contribution is 6.31. The lowest BCUT2D eigenvalue weighted by atomic mass is 10.5. The van der Waals surface area contributed by atoms with Gasteiger partial charge in [0.1, 0.15) is 6.61 Å². The van der Waals surface area contributed by atoms with Crippen molar-refractivity contribution in [3.8, 4) is 0 Å². The van der Waals surface area contributed by atoms with Gasteiger partial charge in [0.05, 0.1) is 11.9 Å². The molecule has 1 heterocycles. The Morgan fingerprint density at radius 2 is 2.47 bits per heavy atom. The van der Waals surface area contributed by atoms with E-state index in [0.29, 0.717) is 29.2 Å². The fraction of sp³-hybridized carbons (Fsp3) is 0.444. The smallest absolute Gasteiger partial charge is 0.293 e. The Morgan fingerprint density at radius 1 is 1.67 bits per heavy atom. The zero-order valence-corrected chi connectivity index (χ0v) is 8.70. The number of hydrogen-bond donors (Lipinski definition) is 1. The van der Waals surface area contributed by atoms with E-state index in [9.17, 15) is 4.79 Å². The predicted molar refractivity (Wildman–Crippen MR) is 54.5 cm³/mol. The molecular formula is C9H10ClN3O2. The van der Waals surface area contributed by atoms with Crippen LogP contribution < -0.4 is 5.32 Å². The van der Waals surface area contributed by atoms with Crippen molar-refractivity contribution in [2.75, 3.05) is 5.32 Å². The van der Waals surface area contributed by atoms with Crippen LogP contribution in [0.3, 0.4) is 0 Å². The average molecular weight is 228 g/mol. The van der Waals surface area contributed by atoms with Gasteiger partial charge < -0.3 is 10.1 Å². The van der Waals surface area contributed by atoms with Crippen molar-refractivity contribution < 1.29 is 9.53 Å². The molecule has 0 saturated heterocycles. The number of halogens is 1. The summed E-state index contributed by atoms with van der Waals surface area (Å²) in [4.78, 5) is 18.1. The van der Waals surface area contributed by atoms with Gasteiger partial charge in [0.2, 0.25) is 0 Å². The van der Waals surface area contributed by atoms with Crippen LogP contribution in [0.15, 0.2) is 6.20 Å². The molecule has 1 fully saturated rings. The highest BCUT2D eigenvalue weighted by Gasteiger charge is 2.22. The van der Waals surface area contributed by atoms with Gasteiger partial charge in [-0.15, -0.1) is 0 Å². The molecule has 5 nitrogen and oxygen atoms in total. The highest BCUT2D eigenvalue weighted by Crippen LogP contribution is 2.26. The second-order valence-electron chi connectivity index (χ2n) is 3.33. The minimum Gasteiger partial charge on any atom is -0.461 e. The molecule has 0 unspecified atom stereocenters. The zero-order valence-electron chi connectivity index (χ0n) is 7.94.